The summed E-state index contributed by atoms with van der Waals surface area (Å²) in [5.41, 5.74) is 2.65. The predicted octanol–water partition coefficient (Wildman–Crippen LogP) is 4.49. The maximum Gasteiger partial charge on any atom is 0.265 e. The Kier molecular flexibility index (Phi) is 5.10. The molecule has 0 radical (unpaired) electrons. The molecular weight excluding hydrogens is 467 g/mol. The van der Waals surface area contributed by atoms with Gasteiger partial charge < -0.3 is 5.11 Å². The van der Waals surface area contributed by atoms with Crippen LogP contribution in [-0.2, 0) is 16.4 Å². The number of fused-ring (bicyclic) bond motifs is 3. The summed E-state index contributed by atoms with van der Waals surface area (Å²) < 4.78 is 43.1. The number of halogens is 2. The number of aromatic nitrogens is 3. The minimum atomic E-state index is -3.90. The van der Waals surface area contributed by atoms with E-state index in [1.54, 1.807) is 36.4 Å². The molecule has 0 spiro atoms. The second-order valence-corrected chi connectivity index (χ2v) is 9.95. The van der Waals surface area contributed by atoms with E-state index >= 15 is 0 Å². The van der Waals surface area contributed by atoms with Gasteiger partial charge in [-0.15, -0.1) is 0 Å². The zero-order valence-electron chi connectivity index (χ0n) is 17.4. The molecule has 0 saturated carbocycles. The van der Waals surface area contributed by atoms with Gasteiger partial charge in [-0.3, -0.25) is 0 Å². The Morgan fingerprint density at radius 1 is 1.12 bits per heavy atom. The first-order chi connectivity index (χ1) is 15.8. The molecule has 0 amide bonds. The topological polar surface area (TPSA) is 88.3 Å². The zero-order valence-corrected chi connectivity index (χ0v) is 19.0. The zero-order chi connectivity index (χ0) is 23.3. The average molecular weight is 485 g/mol. The molecule has 1 aliphatic heterocycles. The number of anilines is 1. The van der Waals surface area contributed by atoms with E-state index in [-0.39, 0.29) is 34.6 Å². The van der Waals surface area contributed by atoms with Crippen molar-refractivity contribution in [1.82, 2.24) is 14.8 Å². The van der Waals surface area contributed by atoms with Crippen LogP contribution >= 0.6 is 11.6 Å². The second-order valence-electron chi connectivity index (χ2n) is 7.68. The standard InChI is InChI=1S/C23H18ClFN4O3S/c1-14-4-7-16(8-5-14)33(31,32)28-12-10-18-21(17-3-2-11-26-22(17)28)27-29(23(18)30)15-6-9-20(25)19(24)13-15/h2-9,11,13,30H,10,12H2,1H3. The third kappa shape index (κ3) is 3.53. The minimum absolute atomic E-state index is 0.0522. The quantitative estimate of drug-likeness (QED) is 0.463. The Labute approximate surface area is 194 Å². The number of pyridine rings is 1. The van der Waals surface area contributed by atoms with E-state index in [0.717, 1.165) is 5.56 Å². The van der Waals surface area contributed by atoms with Crippen LogP contribution in [0.3, 0.4) is 0 Å². The minimum Gasteiger partial charge on any atom is -0.493 e. The summed E-state index contributed by atoms with van der Waals surface area (Å²) in [4.78, 5) is 4.50. The molecule has 4 aromatic rings. The van der Waals surface area contributed by atoms with Gasteiger partial charge in [0.25, 0.3) is 10.0 Å². The molecule has 0 atom stereocenters. The molecule has 3 heterocycles. The third-order valence-electron chi connectivity index (χ3n) is 5.56. The van der Waals surface area contributed by atoms with Crippen molar-refractivity contribution in [2.45, 2.75) is 18.2 Å². The number of hydrogen-bond acceptors (Lipinski definition) is 5. The lowest BCUT2D eigenvalue weighted by atomic mass is 10.1. The monoisotopic (exact) mass is 484 g/mol. The predicted molar refractivity (Wildman–Crippen MR) is 123 cm³/mol. The van der Waals surface area contributed by atoms with E-state index in [1.807, 2.05) is 6.92 Å². The molecule has 10 heteroatoms. The molecule has 5 rings (SSSR count). The fourth-order valence-electron chi connectivity index (χ4n) is 3.86. The van der Waals surface area contributed by atoms with Crippen LogP contribution in [0.4, 0.5) is 10.2 Å². The number of rotatable bonds is 3. The maximum atomic E-state index is 13.6. The van der Waals surface area contributed by atoms with Crippen molar-refractivity contribution in [3.8, 4) is 22.8 Å². The van der Waals surface area contributed by atoms with Gasteiger partial charge in [0.2, 0.25) is 5.88 Å². The molecular formula is C23H18ClFN4O3S. The van der Waals surface area contributed by atoms with Crippen molar-refractivity contribution >= 4 is 27.4 Å². The lowest BCUT2D eigenvalue weighted by Crippen LogP contribution is -2.33. The Hall–Kier alpha value is -3.43. The van der Waals surface area contributed by atoms with Gasteiger partial charge in [0.1, 0.15) is 11.5 Å². The van der Waals surface area contributed by atoms with Crippen molar-refractivity contribution < 1.29 is 17.9 Å². The van der Waals surface area contributed by atoms with Gasteiger partial charge in [-0.2, -0.15) is 5.10 Å². The highest BCUT2D eigenvalue weighted by molar-refractivity contribution is 7.92. The summed E-state index contributed by atoms with van der Waals surface area (Å²) in [6.07, 6.45) is 1.70. The number of benzene rings is 2. The van der Waals surface area contributed by atoms with Crippen LogP contribution in [0.25, 0.3) is 16.9 Å². The van der Waals surface area contributed by atoms with Crippen LogP contribution in [0.2, 0.25) is 5.02 Å². The molecule has 2 aromatic carbocycles. The first kappa shape index (κ1) is 21.4. The van der Waals surface area contributed by atoms with E-state index in [9.17, 15) is 17.9 Å². The first-order valence-electron chi connectivity index (χ1n) is 10.1. The van der Waals surface area contributed by atoms with Crippen molar-refractivity contribution in [3.05, 3.63) is 82.8 Å². The van der Waals surface area contributed by atoms with Crippen LogP contribution in [0.5, 0.6) is 5.88 Å². The normalized spacial score (nSPS) is 13.4. The van der Waals surface area contributed by atoms with E-state index < -0.39 is 15.8 Å². The molecule has 1 aliphatic rings. The fraction of sp³-hybridized carbons (Fsp3) is 0.130. The van der Waals surface area contributed by atoms with Crippen LogP contribution in [0.15, 0.2) is 65.7 Å². The van der Waals surface area contributed by atoms with E-state index in [1.165, 1.54) is 33.4 Å². The summed E-state index contributed by atoms with van der Waals surface area (Å²) in [7, 11) is -3.90. The summed E-state index contributed by atoms with van der Waals surface area (Å²) in [6.45, 7) is 1.94. The molecule has 0 aliphatic carbocycles. The Balaban J connectivity index is 1.65. The molecule has 7 nitrogen and oxygen atoms in total. The van der Waals surface area contributed by atoms with Crippen molar-refractivity contribution in [2.24, 2.45) is 0 Å². The van der Waals surface area contributed by atoms with E-state index in [0.29, 0.717) is 22.5 Å². The van der Waals surface area contributed by atoms with Crippen molar-refractivity contribution in [3.63, 3.8) is 0 Å². The van der Waals surface area contributed by atoms with Crippen LogP contribution in [-0.4, -0.2) is 34.8 Å². The first-order valence-corrected chi connectivity index (χ1v) is 11.9. The number of aryl methyl sites for hydroxylation is 1. The van der Waals surface area contributed by atoms with Gasteiger partial charge in [-0.25, -0.2) is 26.8 Å². The number of aromatic hydroxyl groups is 1. The highest BCUT2D eigenvalue weighted by Gasteiger charge is 2.34. The van der Waals surface area contributed by atoms with Crippen LogP contribution < -0.4 is 4.31 Å². The van der Waals surface area contributed by atoms with Gasteiger partial charge >= 0.3 is 0 Å². The van der Waals surface area contributed by atoms with Gasteiger partial charge in [0.15, 0.2) is 5.82 Å². The number of hydrogen-bond donors (Lipinski definition) is 1. The van der Waals surface area contributed by atoms with Crippen molar-refractivity contribution in [2.75, 3.05) is 10.8 Å². The molecule has 1 N–H and O–H groups in total. The Morgan fingerprint density at radius 2 is 1.88 bits per heavy atom. The molecule has 33 heavy (non-hydrogen) atoms. The molecule has 0 fully saturated rings. The fourth-order valence-corrected chi connectivity index (χ4v) is 5.47. The lowest BCUT2D eigenvalue weighted by Gasteiger charge is -2.23. The molecule has 0 bridgehead atoms. The van der Waals surface area contributed by atoms with Crippen molar-refractivity contribution in [1.29, 1.82) is 0 Å². The third-order valence-corrected chi connectivity index (χ3v) is 7.65. The largest absolute Gasteiger partial charge is 0.493 e. The molecule has 0 saturated heterocycles. The summed E-state index contributed by atoms with van der Waals surface area (Å²) in [6, 6.07) is 14.0. The van der Waals surface area contributed by atoms with Gasteiger partial charge in [0, 0.05) is 23.9 Å². The highest BCUT2D eigenvalue weighted by Crippen LogP contribution is 2.40. The molecule has 168 valence electrons. The van der Waals surface area contributed by atoms with Crippen LogP contribution in [0.1, 0.15) is 11.1 Å². The second kappa shape index (κ2) is 7.86. The van der Waals surface area contributed by atoms with E-state index in [2.05, 4.69) is 10.1 Å². The Bertz CT molecular complexity index is 1490. The number of sulfonamides is 1. The summed E-state index contributed by atoms with van der Waals surface area (Å²) >= 11 is 5.91. The average Bonchev–Trinajstić information content (AvgIpc) is 3.02. The summed E-state index contributed by atoms with van der Waals surface area (Å²) in [5, 5.41) is 15.4. The lowest BCUT2D eigenvalue weighted by molar-refractivity contribution is 0.428. The molecule has 0 unspecified atom stereocenters. The SMILES string of the molecule is Cc1ccc(S(=O)(=O)N2CCc3c(nn(-c4ccc(F)c(Cl)c4)c3O)-c3cccnc32)cc1. The summed E-state index contributed by atoms with van der Waals surface area (Å²) in [5.74, 6) is -0.532. The number of nitrogens with zero attached hydrogens (tertiary/aromatic N) is 4. The van der Waals surface area contributed by atoms with Gasteiger partial charge in [-0.05, 0) is 55.8 Å². The smallest absolute Gasteiger partial charge is 0.265 e. The van der Waals surface area contributed by atoms with Crippen LogP contribution in [0, 0.1) is 12.7 Å². The molecule has 2 aromatic heterocycles. The van der Waals surface area contributed by atoms with Gasteiger partial charge in [0.05, 0.1) is 15.6 Å². The van der Waals surface area contributed by atoms with Gasteiger partial charge in [-0.1, -0.05) is 29.3 Å². The Morgan fingerprint density at radius 3 is 2.61 bits per heavy atom. The maximum absolute atomic E-state index is 13.6. The van der Waals surface area contributed by atoms with E-state index in [4.69, 9.17) is 11.6 Å². The highest BCUT2D eigenvalue weighted by atomic mass is 35.5.